The fraction of sp³-hybridized carbons (Fsp3) is 0.125. The van der Waals surface area contributed by atoms with E-state index >= 15 is 0 Å². The number of methoxy groups -OCH3 is 1. The van der Waals surface area contributed by atoms with Crippen molar-refractivity contribution < 1.29 is 17.6 Å². The Bertz CT molecular complexity index is 1280. The molecule has 7 heteroatoms. The fourth-order valence-corrected chi connectivity index (χ4v) is 4.44. The van der Waals surface area contributed by atoms with Gasteiger partial charge < -0.3 is 14.5 Å². The summed E-state index contributed by atoms with van der Waals surface area (Å²) in [6.45, 7) is 2.32. The van der Waals surface area contributed by atoms with Gasteiger partial charge in [0.15, 0.2) is 0 Å². The lowest BCUT2D eigenvalue weighted by molar-refractivity contribution is 0.414. The lowest BCUT2D eigenvalue weighted by Gasteiger charge is -2.07. The van der Waals surface area contributed by atoms with E-state index in [1.807, 2.05) is 55.5 Å². The van der Waals surface area contributed by atoms with Crippen molar-refractivity contribution in [3.63, 3.8) is 0 Å². The zero-order valence-corrected chi connectivity index (χ0v) is 18.0. The maximum absolute atomic E-state index is 13.3. The second-order valence-corrected chi connectivity index (χ2v) is 8.91. The van der Waals surface area contributed by atoms with Crippen molar-refractivity contribution >= 4 is 15.7 Å². The molecule has 6 nitrogen and oxygen atoms in total. The topological polar surface area (TPSA) is 81.4 Å². The van der Waals surface area contributed by atoms with Gasteiger partial charge >= 0.3 is 0 Å². The molecule has 0 spiro atoms. The molecule has 1 heterocycles. The minimum atomic E-state index is -3.87. The second kappa shape index (κ2) is 8.65. The molecule has 158 valence electrons. The average Bonchev–Trinajstić information content (AvgIpc) is 3.24. The van der Waals surface area contributed by atoms with Gasteiger partial charge in [-0.25, -0.2) is 8.42 Å². The molecule has 1 N–H and O–H groups in total. The van der Waals surface area contributed by atoms with Gasteiger partial charge in [-0.1, -0.05) is 48.0 Å². The number of aryl methyl sites for hydroxylation is 1. The first-order valence-electron chi connectivity index (χ1n) is 9.72. The summed E-state index contributed by atoms with van der Waals surface area (Å²) in [6, 6.07) is 23.3. The Labute approximate surface area is 181 Å². The number of hydrogen-bond acceptors (Lipinski definition) is 6. The molecule has 3 aromatic carbocycles. The Balaban J connectivity index is 1.73. The molecular weight excluding hydrogens is 412 g/mol. The summed E-state index contributed by atoms with van der Waals surface area (Å²) in [5.41, 5.74) is 2.68. The first kappa shape index (κ1) is 20.7. The van der Waals surface area contributed by atoms with Crippen LogP contribution in [0.2, 0.25) is 0 Å². The number of nitrogens with one attached hydrogen (secondary N) is 1. The number of anilines is 1. The number of oxazole rings is 1. The Kier molecular flexibility index (Phi) is 5.77. The van der Waals surface area contributed by atoms with Crippen molar-refractivity contribution in [2.45, 2.75) is 23.4 Å². The van der Waals surface area contributed by atoms with Crippen LogP contribution in [0.3, 0.4) is 0 Å². The van der Waals surface area contributed by atoms with Gasteiger partial charge in [-0.2, -0.15) is 4.98 Å². The molecule has 0 fully saturated rings. The van der Waals surface area contributed by atoms with Crippen molar-refractivity contribution in [3.8, 4) is 17.2 Å². The van der Waals surface area contributed by atoms with E-state index in [0.717, 1.165) is 16.9 Å². The smallest absolute Gasteiger partial charge is 0.234 e. The van der Waals surface area contributed by atoms with Gasteiger partial charge in [-0.3, -0.25) is 0 Å². The zero-order valence-electron chi connectivity index (χ0n) is 17.2. The summed E-state index contributed by atoms with van der Waals surface area (Å²) in [5.74, 6) is 1.10. The fourth-order valence-electron chi connectivity index (χ4n) is 3.14. The summed E-state index contributed by atoms with van der Waals surface area (Å²) in [6.07, 6.45) is 0. The van der Waals surface area contributed by atoms with Crippen LogP contribution in [-0.2, 0) is 16.4 Å². The number of nitrogens with zero attached hydrogens (tertiary/aromatic N) is 1. The van der Waals surface area contributed by atoms with Crippen LogP contribution in [-0.4, -0.2) is 20.5 Å². The van der Waals surface area contributed by atoms with E-state index in [1.54, 1.807) is 37.4 Å². The van der Waals surface area contributed by atoms with Gasteiger partial charge in [-0.05, 0) is 48.9 Å². The normalized spacial score (nSPS) is 11.3. The SMILES string of the molecule is COc1ccc(CNc2oc(-c3cccc(C)c3)nc2S(=O)(=O)c2ccccc2)cc1. The zero-order chi connectivity index (χ0) is 21.8. The van der Waals surface area contributed by atoms with E-state index in [-0.39, 0.29) is 21.7 Å². The largest absolute Gasteiger partial charge is 0.497 e. The second-order valence-electron chi connectivity index (χ2n) is 7.04. The van der Waals surface area contributed by atoms with Crippen molar-refractivity contribution in [2.75, 3.05) is 12.4 Å². The molecule has 0 atom stereocenters. The maximum atomic E-state index is 13.3. The van der Waals surface area contributed by atoms with Crippen molar-refractivity contribution in [3.05, 3.63) is 90.0 Å². The third-order valence-electron chi connectivity index (χ3n) is 4.78. The van der Waals surface area contributed by atoms with Gasteiger partial charge in [0.05, 0.1) is 12.0 Å². The monoisotopic (exact) mass is 434 g/mol. The van der Waals surface area contributed by atoms with Crippen LogP contribution in [0, 0.1) is 6.92 Å². The average molecular weight is 435 g/mol. The molecule has 0 saturated heterocycles. The first-order valence-corrected chi connectivity index (χ1v) is 11.2. The van der Waals surface area contributed by atoms with E-state index in [4.69, 9.17) is 9.15 Å². The molecule has 0 unspecified atom stereocenters. The molecule has 31 heavy (non-hydrogen) atoms. The Hall–Kier alpha value is -3.58. The number of benzene rings is 3. The highest BCUT2D eigenvalue weighted by Gasteiger charge is 2.28. The van der Waals surface area contributed by atoms with E-state index in [1.165, 1.54) is 0 Å². The van der Waals surface area contributed by atoms with Crippen LogP contribution in [0.25, 0.3) is 11.5 Å². The quantitative estimate of drug-likeness (QED) is 0.436. The van der Waals surface area contributed by atoms with E-state index < -0.39 is 9.84 Å². The van der Waals surface area contributed by atoms with Gasteiger partial charge in [-0.15, -0.1) is 0 Å². The van der Waals surface area contributed by atoms with Crippen molar-refractivity contribution in [2.24, 2.45) is 0 Å². The van der Waals surface area contributed by atoms with E-state index in [0.29, 0.717) is 12.1 Å². The summed E-state index contributed by atoms with van der Waals surface area (Å²) < 4.78 is 37.6. The number of ether oxygens (including phenoxy) is 1. The molecule has 1 aromatic heterocycles. The predicted molar refractivity (Wildman–Crippen MR) is 119 cm³/mol. The molecular formula is C24H22N2O4S. The van der Waals surface area contributed by atoms with Crippen LogP contribution >= 0.6 is 0 Å². The molecule has 4 rings (SSSR count). The Morgan fingerprint density at radius 3 is 2.39 bits per heavy atom. The van der Waals surface area contributed by atoms with E-state index in [2.05, 4.69) is 10.3 Å². The highest BCUT2D eigenvalue weighted by molar-refractivity contribution is 7.91. The molecule has 0 saturated carbocycles. The third-order valence-corrected chi connectivity index (χ3v) is 6.46. The molecule has 0 aliphatic carbocycles. The molecule has 0 radical (unpaired) electrons. The van der Waals surface area contributed by atoms with Gasteiger partial charge in [0.1, 0.15) is 5.75 Å². The van der Waals surface area contributed by atoms with Gasteiger partial charge in [0.2, 0.25) is 26.6 Å². The standard InChI is InChI=1S/C24H22N2O4S/c1-17-7-6-8-19(15-17)22-26-24(31(27,28)21-9-4-3-5-10-21)23(30-22)25-16-18-11-13-20(29-2)14-12-18/h3-15,25H,16H2,1-2H3. The van der Waals surface area contributed by atoms with Crippen LogP contribution in [0.4, 0.5) is 5.88 Å². The van der Waals surface area contributed by atoms with Crippen LogP contribution in [0.15, 0.2) is 93.2 Å². The minimum absolute atomic E-state index is 0.108. The predicted octanol–water partition coefficient (Wildman–Crippen LogP) is 5.10. The number of rotatable bonds is 7. The Morgan fingerprint density at radius 2 is 1.71 bits per heavy atom. The van der Waals surface area contributed by atoms with Crippen molar-refractivity contribution in [1.82, 2.24) is 4.98 Å². The van der Waals surface area contributed by atoms with E-state index in [9.17, 15) is 8.42 Å². The first-order chi connectivity index (χ1) is 15.0. The maximum Gasteiger partial charge on any atom is 0.234 e. The Morgan fingerprint density at radius 1 is 0.968 bits per heavy atom. The summed E-state index contributed by atoms with van der Waals surface area (Å²) >= 11 is 0. The van der Waals surface area contributed by atoms with Gasteiger partial charge in [0, 0.05) is 12.1 Å². The molecule has 4 aromatic rings. The highest BCUT2D eigenvalue weighted by Crippen LogP contribution is 2.33. The summed E-state index contributed by atoms with van der Waals surface area (Å²) in [7, 11) is -2.26. The van der Waals surface area contributed by atoms with Crippen LogP contribution < -0.4 is 10.1 Å². The van der Waals surface area contributed by atoms with Crippen molar-refractivity contribution in [1.29, 1.82) is 0 Å². The number of sulfone groups is 1. The lowest BCUT2D eigenvalue weighted by atomic mass is 10.1. The van der Waals surface area contributed by atoms with Crippen LogP contribution in [0.5, 0.6) is 5.75 Å². The molecule has 0 aliphatic rings. The van der Waals surface area contributed by atoms with Gasteiger partial charge in [0.25, 0.3) is 0 Å². The lowest BCUT2D eigenvalue weighted by Crippen LogP contribution is -2.07. The number of hydrogen-bond donors (Lipinski definition) is 1. The summed E-state index contributed by atoms with van der Waals surface area (Å²) in [4.78, 5) is 4.53. The summed E-state index contributed by atoms with van der Waals surface area (Å²) in [5, 5.41) is 2.96. The van der Waals surface area contributed by atoms with Crippen LogP contribution in [0.1, 0.15) is 11.1 Å². The highest BCUT2D eigenvalue weighted by atomic mass is 32.2. The molecule has 0 aliphatic heterocycles. The molecule has 0 bridgehead atoms. The number of aromatic nitrogens is 1. The third kappa shape index (κ3) is 4.46. The molecule has 0 amide bonds. The minimum Gasteiger partial charge on any atom is -0.497 e.